The first-order valence-corrected chi connectivity index (χ1v) is 11.0. The lowest BCUT2D eigenvalue weighted by Crippen LogP contribution is -2.50. The van der Waals surface area contributed by atoms with Gasteiger partial charge in [-0.1, -0.05) is 34.1 Å². The second kappa shape index (κ2) is 7.42. The minimum atomic E-state index is -0.517. The Bertz CT molecular complexity index is 921. The number of halogens is 2. The molecule has 1 amide bonds. The Morgan fingerprint density at radius 2 is 1.97 bits per heavy atom. The predicted octanol–water partition coefficient (Wildman–Crippen LogP) is 6.02. The lowest BCUT2D eigenvalue weighted by Gasteiger charge is -2.43. The topological polar surface area (TPSA) is 29.5 Å². The fourth-order valence-corrected chi connectivity index (χ4v) is 5.45. The van der Waals surface area contributed by atoms with E-state index in [1.807, 2.05) is 37.8 Å². The zero-order chi connectivity index (χ0) is 20.8. The Labute approximate surface area is 180 Å². The second-order valence-electron chi connectivity index (χ2n) is 9.24. The van der Waals surface area contributed by atoms with Crippen LogP contribution in [0.5, 0.6) is 0 Å². The first kappa shape index (κ1) is 20.4. The number of aryl methyl sites for hydroxylation is 1. The highest BCUT2D eigenvalue weighted by atomic mass is 79.9. The fraction of sp³-hybridized carbons (Fsp3) is 0.458. The molecule has 2 aliphatic rings. The number of fused-ring (bicyclic) bond motifs is 3. The van der Waals surface area contributed by atoms with E-state index in [-0.39, 0.29) is 23.4 Å². The standard InChI is InChI=1S/C24H27BrFNO2/c1-23(2,3)29-22(28)27-13-12-24(15-16-4-8-19(26)9-5-16)20-10-7-18(25)14-17(20)6-11-21(24)27/h4-5,7-10,14,21H,6,11-13,15H2,1-3H3/t21-,24-/m0/s1. The smallest absolute Gasteiger partial charge is 0.410 e. The maximum Gasteiger partial charge on any atom is 0.410 e. The molecule has 1 aliphatic heterocycles. The van der Waals surface area contributed by atoms with Crippen LogP contribution in [0, 0.1) is 5.82 Å². The van der Waals surface area contributed by atoms with E-state index < -0.39 is 5.60 Å². The highest BCUT2D eigenvalue weighted by molar-refractivity contribution is 9.10. The number of ether oxygens (including phenoxy) is 1. The summed E-state index contributed by atoms with van der Waals surface area (Å²) < 4.78 is 20.3. The van der Waals surface area contributed by atoms with Crippen molar-refractivity contribution in [2.24, 2.45) is 0 Å². The summed E-state index contributed by atoms with van der Waals surface area (Å²) in [7, 11) is 0. The summed E-state index contributed by atoms with van der Waals surface area (Å²) in [5, 5.41) is 0. The van der Waals surface area contributed by atoms with Crippen LogP contribution >= 0.6 is 15.9 Å². The number of rotatable bonds is 2. The zero-order valence-corrected chi connectivity index (χ0v) is 18.8. The van der Waals surface area contributed by atoms with Crippen LogP contribution in [-0.4, -0.2) is 29.2 Å². The van der Waals surface area contributed by atoms with Gasteiger partial charge in [0.1, 0.15) is 11.4 Å². The monoisotopic (exact) mass is 459 g/mol. The van der Waals surface area contributed by atoms with Crippen molar-refractivity contribution in [3.8, 4) is 0 Å². The van der Waals surface area contributed by atoms with Gasteiger partial charge in [0, 0.05) is 22.5 Å². The van der Waals surface area contributed by atoms with Gasteiger partial charge in [0.25, 0.3) is 0 Å². The summed E-state index contributed by atoms with van der Waals surface area (Å²) >= 11 is 3.60. The summed E-state index contributed by atoms with van der Waals surface area (Å²) in [6.07, 6.45) is 3.27. The lowest BCUT2D eigenvalue weighted by atomic mass is 9.64. The van der Waals surface area contributed by atoms with Crippen molar-refractivity contribution in [1.29, 1.82) is 0 Å². The summed E-state index contributed by atoms with van der Waals surface area (Å²) in [6, 6.07) is 13.3. The van der Waals surface area contributed by atoms with Gasteiger partial charge >= 0.3 is 6.09 Å². The van der Waals surface area contributed by atoms with Crippen molar-refractivity contribution in [3.63, 3.8) is 0 Å². The molecule has 0 N–H and O–H groups in total. The van der Waals surface area contributed by atoms with Gasteiger partial charge < -0.3 is 9.64 Å². The molecule has 0 spiro atoms. The van der Waals surface area contributed by atoms with Gasteiger partial charge in [0.05, 0.1) is 0 Å². The highest BCUT2D eigenvalue weighted by Crippen LogP contribution is 2.49. The molecule has 0 aromatic heterocycles. The Balaban J connectivity index is 1.74. The number of carbonyl (C=O) groups is 1. The first-order valence-electron chi connectivity index (χ1n) is 10.2. The molecule has 1 saturated heterocycles. The molecular formula is C24H27BrFNO2. The van der Waals surface area contributed by atoms with Crippen molar-refractivity contribution in [3.05, 3.63) is 69.4 Å². The highest BCUT2D eigenvalue weighted by Gasteiger charge is 2.53. The normalized spacial score (nSPS) is 23.5. The van der Waals surface area contributed by atoms with Crippen molar-refractivity contribution in [2.75, 3.05) is 6.54 Å². The van der Waals surface area contributed by atoms with Crippen LogP contribution in [0.1, 0.15) is 50.3 Å². The maximum absolute atomic E-state index is 13.5. The molecule has 0 saturated carbocycles. The molecule has 1 aliphatic carbocycles. The SMILES string of the molecule is CC(C)(C)OC(=O)N1CC[C@]2(Cc3ccc(F)cc3)c3ccc(Br)cc3CC[C@H]12. The summed E-state index contributed by atoms with van der Waals surface area (Å²) in [4.78, 5) is 14.9. The van der Waals surface area contributed by atoms with Crippen molar-refractivity contribution in [1.82, 2.24) is 4.90 Å². The number of likely N-dealkylation sites (tertiary alicyclic amines) is 1. The van der Waals surface area contributed by atoms with Gasteiger partial charge in [-0.25, -0.2) is 9.18 Å². The summed E-state index contributed by atoms with van der Waals surface area (Å²) in [5.74, 6) is -0.224. The zero-order valence-electron chi connectivity index (χ0n) is 17.2. The van der Waals surface area contributed by atoms with Gasteiger partial charge in [-0.2, -0.15) is 0 Å². The summed E-state index contributed by atoms with van der Waals surface area (Å²) in [5.41, 5.74) is 3.05. The number of carbonyl (C=O) groups excluding carboxylic acids is 1. The molecule has 1 heterocycles. The Morgan fingerprint density at radius 1 is 1.24 bits per heavy atom. The van der Waals surface area contributed by atoms with Crippen LogP contribution < -0.4 is 0 Å². The van der Waals surface area contributed by atoms with Gasteiger partial charge in [-0.05, 0) is 87.4 Å². The van der Waals surface area contributed by atoms with Gasteiger partial charge in [-0.15, -0.1) is 0 Å². The molecule has 2 atom stereocenters. The molecule has 0 radical (unpaired) electrons. The molecule has 4 rings (SSSR count). The Hall–Kier alpha value is -1.88. The molecular weight excluding hydrogens is 433 g/mol. The van der Waals surface area contributed by atoms with Gasteiger partial charge in [0.15, 0.2) is 0 Å². The molecule has 2 aromatic rings. The van der Waals surface area contributed by atoms with Crippen LogP contribution in [-0.2, 0) is 23.0 Å². The average molecular weight is 460 g/mol. The van der Waals surface area contributed by atoms with Crippen LogP contribution in [0.2, 0.25) is 0 Å². The molecule has 154 valence electrons. The number of benzene rings is 2. The number of amides is 1. The number of hydrogen-bond donors (Lipinski definition) is 0. The second-order valence-corrected chi connectivity index (χ2v) is 10.2. The van der Waals surface area contributed by atoms with Gasteiger partial charge in [0.2, 0.25) is 0 Å². The van der Waals surface area contributed by atoms with E-state index in [1.165, 1.54) is 23.3 Å². The van der Waals surface area contributed by atoms with E-state index in [0.29, 0.717) is 6.54 Å². The van der Waals surface area contributed by atoms with Crippen LogP contribution in [0.25, 0.3) is 0 Å². The Kier molecular flexibility index (Phi) is 5.22. The number of nitrogens with zero attached hydrogens (tertiary/aromatic N) is 1. The van der Waals surface area contributed by atoms with E-state index in [9.17, 15) is 9.18 Å². The third kappa shape index (κ3) is 3.94. The molecule has 2 aromatic carbocycles. The summed E-state index contributed by atoms with van der Waals surface area (Å²) in [6.45, 7) is 6.39. The molecule has 29 heavy (non-hydrogen) atoms. The molecule has 5 heteroatoms. The number of hydrogen-bond acceptors (Lipinski definition) is 2. The van der Waals surface area contributed by atoms with E-state index in [0.717, 1.165) is 35.7 Å². The maximum atomic E-state index is 13.5. The van der Waals surface area contributed by atoms with Crippen molar-refractivity contribution in [2.45, 2.75) is 63.5 Å². The predicted molar refractivity (Wildman–Crippen MR) is 116 cm³/mol. The van der Waals surface area contributed by atoms with E-state index in [4.69, 9.17) is 4.74 Å². The van der Waals surface area contributed by atoms with Crippen molar-refractivity contribution < 1.29 is 13.9 Å². The third-order valence-electron chi connectivity index (χ3n) is 6.16. The van der Waals surface area contributed by atoms with E-state index >= 15 is 0 Å². The molecule has 0 bridgehead atoms. The van der Waals surface area contributed by atoms with Crippen molar-refractivity contribution >= 4 is 22.0 Å². The van der Waals surface area contributed by atoms with Gasteiger partial charge in [-0.3, -0.25) is 0 Å². The van der Waals surface area contributed by atoms with Crippen LogP contribution in [0.15, 0.2) is 46.9 Å². The minimum absolute atomic E-state index is 0.0797. The largest absolute Gasteiger partial charge is 0.444 e. The third-order valence-corrected chi connectivity index (χ3v) is 6.66. The van der Waals surface area contributed by atoms with E-state index in [1.54, 1.807) is 0 Å². The fourth-order valence-electron chi connectivity index (χ4n) is 5.04. The quantitative estimate of drug-likeness (QED) is 0.548. The molecule has 3 nitrogen and oxygen atoms in total. The average Bonchev–Trinajstić information content (AvgIpc) is 3.01. The lowest BCUT2D eigenvalue weighted by molar-refractivity contribution is 0.0180. The van der Waals surface area contributed by atoms with Crippen LogP contribution in [0.4, 0.5) is 9.18 Å². The van der Waals surface area contributed by atoms with E-state index in [2.05, 4.69) is 34.1 Å². The Morgan fingerprint density at radius 3 is 2.66 bits per heavy atom. The van der Waals surface area contributed by atoms with Crippen LogP contribution in [0.3, 0.4) is 0 Å². The first-order chi connectivity index (χ1) is 13.7. The molecule has 1 fully saturated rings. The minimum Gasteiger partial charge on any atom is -0.444 e. The molecule has 0 unspecified atom stereocenters.